The maximum Gasteiger partial charge on any atom is -0.00193 e. The third kappa shape index (κ3) is 7.55. The molecule has 0 radical (unpaired) electrons. The molecule has 0 saturated heterocycles. The summed E-state index contributed by atoms with van der Waals surface area (Å²) in [6, 6.07) is 0. The number of hydrogen-bond acceptors (Lipinski definition) is 1. The van der Waals surface area contributed by atoms with Crippen molar-refractivity contribution in [3.63, 3.8) is 0 Å². The van der Waals surface area contributed by atoms with E-state index in [-0.39, 0.29) is 0 Å². The van der Waals surface area contributed by atoms with Crippen LogP contribution in [0.15, 0.2) is 24.3 Å². The van der Waals surface area contributed by atoms with Gasteiger partial charge in [0, 0.05) is 0 Å². The van der Waals surface area contributed by atoms with Gasteiger partial charge in [-0.3, -0.25) is 0 Å². The van der Waals surface area contributed by atoms with Crippen molar-refractivity contribution in [2.45, 2.75) is 20.3 Å². The van der Waals surface area contributed by atoms with Gasteiger partial charge >= 0.3 is 0 Å². The van der Waals surface area contributed by atoms with E-state index >= 15 is 0 Å². The van der Waals surface area contributed by atoms with Gasteiger partial charge in [0.15, 0.2) is 0 Å². The van der Waals surface area contributed by atoms with Crippen LogP contribution in [0.3, 0.4) is 0 Å². The van der Waals surface area contributed by atoms with E-state index in [0.717, 1.165) is 0 Å². The van der Waals surface area contributed by atoms with Gasteiger partial charge in [-0.05, 0) is 39.9 Å². The lowest BCUT2D eigenvalue weighted by atomic mass is 10.1. The fourth-order valence-corrected chi connectivity index (χ4v) is 0.923. The standard InChI is InChI=1S/C11H21N/c1-5-6-7-8-11(2)9-10-12(3)4/h5-8,11H,9-10H2,1-4H3. The van der Waals surface area contributed by atoms with Crippen LogP contribution in [0.1, 0.15) is 20.3 Å². The number of rotatable bonds is 5. The molecule has 0 amide bonds. The topological polar surface area (TPSA) is 3.24 Å². The Morgan fingerprint density at radius 2 is 1.92 bits per heavy atom. The molecule has 0 saturated carbocycles. The second kappa shape index (κ2) is 7.11. The van der Waals surface area contributed by atoms with Crippen LogP contribution in [0.2, 0.25) is 0 Å². The molecule has 0 aliphatic carbocycles. The van der Waals surface area contributed by atoms with Crippen molar-refractivity contribution < 1.29 is 0 Å². The second-order valence-electron chi connectivity index (χ2n) is 3.48. The quantitative estimate of drug-likeness (QED) is 0.569. The Balaban J connectivity index is 3.51. The summed E-state index contributed by atoms with van der Waals surface area (Å²) in [4.78, 5) is 2.22. The molecular weight excluding hydrogens is 146 g/mol. The Bertz CT molecular complexity index is 145. The smallest absolute Gasteiger partial charge is 0.00193 e. The molecule has 0 aromatic heterocycles. The molecule has 0 heterocycles. The highest BCUT2D eigenvalue weighted by molar-refractivity contribution is 5.02. The number of allylic oxidation sites excluding steroid dienone is 4. The predicted molar refractivity (Wildman–Crippen MR) is 56.3 cm³/mol. The van der Waals surface area contributed by atoms with Crippen LogP contribution in [0.5, 0.6) is 0 Å². The van der Waals surface area contributed by atoms with Gasteiger partial charge in [0.25, 0.3) is 0 Å². The SMILES string of the molecule is CC=CC=CC(C)CCN(C)C. The minimum absolute atomic E-state index is 0.684. The normalized spacial score (nSPS) is 15.1. The molecule has 1 nitrogen and oxygen atoms in total. The average molecular weight is 167 g/mol. The molecule has 70 valence electrons. The van der Waals surface area contributed by atoms with E-state index in [1.54, 1.807) is 0 Å². The zero-order chi connectivity index (χ0) is 9.40. The van der Waals surface area contributed by atoms with Gasteiger partial charge in [-0.15, -0.1) is 0 Å². The number of nitrogens with zero attached hydrogens (tertiary/aromatic N) is 1. The summed E-state index contributed by atoms with van der Waals surface area (Å²) in [7, 11) is 4.23. The molecule has 1 heteroatoms. The molecule has 0 fully saturated rings. The summed E-state index contributed by atoms with van der Waals surface area (Å²) in [6.45, 7) is 5.46. The Hall–Kier alpha value is -0.560. The van der Waals surface area contributed by atoms with Crippen LogP contribution >= 0.6 is 0 Å². The van der Waals surface area contributed by atoms with Crippen molar-refractivity contribution in [3.05, 3.63) is 24.3 Å². The van der Waals surface area contributed by atoms with Crippen molar-refractivity contribution in [1.29, 1.82) is 0 Å². The molecule has 12 heavy (non-hydrogen) atoms. The first kappa shape index (κ1) is 11.4. The molecule has 0 rings (SSSR count). The molecule has 1 atom stereocenters. The Morgan fingerprint density at radius 3 is 2.42 bits per heavy atom. The third-order valence-corrected chi connectivity index (χ3v) is 1.77. The number of hydrogen-bond donors (Lipinski definition) is 0. The average Bonchev–Trinajstić information content (AvgIpc) is 2.01. The predicted octanol–water partition coefficient (Wildman–Crippen LogP) is 2.71. The molecule has 0 bridgehead atoms. The first-order valence-electron chi connectivity index (χ1n) is 4.61. The van der Waals surface area contributed by atoms with Crippen LogP contribution in [0.4, 0.5) is 0 Å². The van der Waals surface area contributed by atoms with Crippen molar-refractivity contribution in [2.24, 2.45) is 5.92 Å². The first-order valence-corrected chi connectivity index (χ1v) is 4.61. The molecule has 1 unspecified atom stereocenters. The maximum absolute atomic E-state index is 2.25. The Morgan fingerprint density at radius 1 is 1.25 bits per heavy atom. The lowest BCUT2D eigenvalue weighted by Gasteiger charge is -2.11. The molecule has 0 aliphatic heterocycles. The van der Waals surface area contributed by atoms with E-state index in [1.807, 2.05) is 6.92 Å². The second-order valence-corrected chi connectivity index (χ2v) is 3.48. The van der Waals surface area contributed by atoms with E-state index in [2.05, 4.69) is 50.2 Å². The van der Waals surface area contributed by atoms with E-state index in [4.69, 9.17) is 0 Å². The van der Waals surface area contributed by atoms with E-state index in [1.165, 1.54) is 13.0 Å². The lowest BCUT2D eigenvalue weighted by Crippen LogP contribution is -2.14. The van der Waals surface area contributed by atoms with Gasteiger partial charge in [0.2, 0.25) is 0 Å². The van der Waals surface area contributed by atoms with Crippen LogP contribution in [0.25, 0.3) is 0 Å². The molecule has 0 aliphatic rings. The van der Waals surface area contributed by atoms with Gasteiger partial charge < -0.3 is 4.90 Å². The van der Waals surface area contributed by atoms with Crippen LogP contribution in [-0.4, -0.2) is 25.5 Å². The largest absolute Gasteiger partial charge is 0.309 e. The fraction of sp³-hybridized carbons (Fsp3) is 0.636. The monoisotopic (exact) mass is 167 g/mol. The first-order chi connectivity index (χ1) is 5.66. The Kier molecular flexibility index (Phi) is 6.78. The van der Waals surface area contributed by atoms with Crippen molar-refractivity contribution in [2.75, 3.05) is 20.6 Å². The van der Waals surface area contributed by atoms with Gasteiger partial charge in [-0.2, -0.15) is 0 Å². The van der Waals surface area contributed by atoms with E-state index in [0.29, 0.717) is 5.92 Å². The van der Waals surface area contributed by atoms with Gasteiger partial charge in [0.05, 0.1) is 0 Å². The maximum atomic E-state index is 2.25. The van der Waals surface area contributed by atoms with Crippen LogP contribution in [-0.2, 0) is 0 Å². The highest BCUT2D eigenvalue weighted by atomic mass is 15.0. The molecule has 0 N–H and O–H groups in total. The van der Waals surface area contributed by atoms with E-state index < -0.39 is 0 Å². The molecule has 0 aromatic carbocycles. The zero-order valence-corrected chi connectivity index (χ0v) is 8.75. The Labute approximate surface area is 76.8 Å². The summed E-state index contributed by atoms with van der Waals surface area (Å²) in [5.74, 6) is 0.684. The minimum Gasteiger partial charge on any atom is -0.309 e. The van der Waals surface area contributed by atoms with E-state index in [9.17, 15) is 0 Å². The molecule has 0 spiro atoms. The highest BCUT2D eigenvalue weighted by Crippen LogP contribution is 2.03. The summed E-state index contributed by atoms with van der Waals surface area (Å²) in [6.07, 6.45) is 9.74. The third-order valence-electron chi connectivity index (χ3n) is 1.77. The van der Waals surface area contributed by atoms with Crippen molar-refractivity contribution in [3.8, 4) is 0 Å². The highest BCUT2D eigenvalue weighted by Gasteiger charge is 1.96. The minimum atomic E-state index is 0.684. The molecular formula is C11H21N. The lowest BCUT2D eigenvalue weighted by molar-refractivity contribution is 0.379. The van der Waals surface area contributed by atoms with Crippen LogP contribution in [0, 0.1) is 5.92 Å². The summed E-state index contributed by atoms with van der Waals surface area (Å²) < 4.78 is 0. The van der Waals surface area contributed by atoms with Gasteiger partial charge in [-0.1, -0.05) is 31.2 Å². The van der Waals surface area contributed by atoms with Crippen molar-refractivity contribution in [1.82, 2.24) is 4.90 Å². The van der Waals surface area contributed by atoms with Crippen LogP contribution < -0.4 is 0 Å². The van der Waals surface area contributed by atoms with Gasteiger partial charge in [-0.25, -0.2) is 0 Å². The molecule has 0 aromatic rings. The summed E-state index contributed by atoms with van der Waals surface area (Å²) >= 11 is 0. The summed E-state index contributed by atoms with van der Waals surface area (Å²) in [5, 5.41) is 0. The summed E-state index contributed by atoms with van der Waals surface area (Å²) in [5.41, 5.74) is 0. The van der Waals surface area contributed by atoms with Gasteiger partial charge in [0.1, 0.15) is 0 Å². The zero-order valence-electron chi connectivity index (χ0n) is 8.75. The fourth-order valence-electron chi connectivity index (χ4n) is 0.923. The van der Waals surface area contributed by atoms with Crippen molar-refractivity contribution >= 4 is 0 Å².